The Hall–Kier alpha value is -2.66. The summed E-state index contributed by atoms with van der Waals surface area (Å²) in [5.74, 6) is 0.0179. The number of hydrogen-bond donors (Lipinski definition) is 0. The zero-order valence-electron chi connectivity index (χ0n) is 15.9. The van der Waals surface area contributed by atoms with Crippen molar-refractivity contribution >= 4 is 17.5 Å². The lowest BCUT2D eigenvalue weighted by Gasteiger charge is -2.33. The molecule has 0 spiro atoms. The van der Waals surface area contributed by atoms with Crippen LogP contribution in [0.4, 0.5) is 0 Å². The third-order valence-electron chi connectivity index (χ3n) is 5.15. The van der Waals surface area contributed by atoms with Crippen molar-refractivity contribution in [2.24, 2.45) is 0 Å². The number of benzene rings is 1. The van der Waals surface area contributed by atoms with Crippen LogP contribution in [0.2, 0.25) is 5.02 Å². The van der Waals surface area contributed by atoms with Crippen molar-refractivity contribution in [3.63, 3.8) is 0 Å². The highest BCUT2D eigenvalue weighted by Crippen LogP contribution is 2.30. The van der Waals surface area contributed by atoms with Crippen LogP contribution in [0.25, 0.3) is 11.3 Å². The molecule has 0 fully saturated rings. The molecular formula is C22H23ClN4O. The minimum Gasteiger partial charge on any atom is -0.331 e. The summed E-state index contributed by atoms with van der Waals surface area (Å²) in [5, 5.41) is 5.48. The van der Waals surface area contributed by atoms with Crippen molar-refractivity contribution in [3.8, 4) is 11.3 Å². The number of pyridine rings is 1. The van der Waals surface area contributed by atoms with Crippen LogP contribution in [0.1, 0.15) is 48.3 Å². The van der Waals surface area contributed by atoms with Gasteiger partial charge in [0, 0.05) is 36.1 Å². The molecule has 0 saturated heterocycles. The van der Waals surface area contributed by atoms with E-state index in [0.717, 1.165) is 36.1 Å². The van der Waals surface area contributed by atoms with Gasteiger partial charge in [-0.2, -0.15) is 5.10 Å². The maximum Gasteiger partial charge on any atom is 0.272 e. The summed E-state index contributed by atoms with van der Waals surface area (Å²) < 4.78 is 1.93. The quantitative estimate of drug-likeness (QED) is 0.592. The summed E-state index contributed by atoms with van der Waals surface area (Å²) >= 11 is 6.01. The first kappa shape index (κ1) is 18.7. The van der Waals surface area contributed by atoms with E-state index in [9.17, 15) is 4.79 Å². The molecule has 28 heavy (non-hydrogen) atoms. The second-order valence-corrected chi connectivity index (χ2v) is 7.65. The maximum absolute atomic E-state index is 13.2. The molecule has 1 aliphatic rings. The SMILES string of the molecule is CCCCC1CN(Cc2cccnc2)C(=O)c2cc(-c3ccc(Cl)cc3)nn21. The van der Waals surface area contributed by atoms with Crippen molar-refractivity contribution in [2.45, 2.75) is 38.8 Å². The predicted octanol–water partition coefficient (Wildman–Crippen LogP) is 4.99. The predicted molar refractivity (Wildman–Crippen MR) is 110 cm³/mol. The summed E-state index contributed by atoms with van der Waals surface area (Å²) in [6.45, 7) is 3.42. The zero-order valence-corrected chi connectivity index (χ0v) is 16.6. The number of rotatable bonds is 6. The van der Waals surface area contributed by atoms with Gasteiger partial charge in [-0.15, -0.1) is 0 Å². The molecule has 2 aromatic heterocycles. The number of halogens is 1. The minimum atomic E-state index is 0.0179. The van der Waals surface area contributed by atoms with Crippen LogP contribution in [-0.4, -0.2) is 32.1 Å². The highest BCUT2D eigenvalue weighted by molar-refractivity contribution is 6.30. The van der Waals surface area contributed by atoms with E-state index in [4.69, 9.17) is 16.7 Å². The van der Waals surface area contributed by atoms with E-state index in [1.54, 1.807) is 6.20 Å². The number of hydrogen-bond acceptors (Lipinski definition) is 3. The average Bonchev–Trinajstić information content (AvgIpc) is 3.16. The second-order valence-electron chi connectivity index (χ2n) is 7.21. The molecule has 1 aromatic carbocycles. The zero-order chi connectivity index (χ0) is 19.5. The summed E-state index contributed by atoms with van der Waals surface area (Å²) in [6.07, 6.45) is 6.79. The molecule has 0 bridgehead atoms. The van der Waals surface area contributed by atoms with Gasteiger partial charge in [0.1, 0.15) is 5.69 Å². The van der Waals surface area contributed by atoms with Crippen molar-refractivity contribution in [1.82, 2.24) is 19.7 Å². The molecular weight excluding hydrogens is 372 g/mol. The summed E-state index contributed by atoms with van der Waals surface area (Å²) in [5.41, 5.74) is 3.47. The van der Waals surface area contributed by atoms with Gasteiger partial charge in [-0.3, -0.25) is 14.5 Å². The number of fused-ring (bicyclic) bond motifs is 1. The molecule has 1 amide bonds. The lowest BCUT2D eigenvalue weighted by molar-refractivity contribution is 0.0634. The minimum absolute atomic E-state index is 0.0179. The van der Waals surface area contributed by atoms with Gasteiger partial charge >= 0.3 is 0 Å². The van der Waals surface area contributed by atoms with Crippen LogP contribution in [0.5, 0.6) is 0 Å². The molecule has 0 aliphatic carbocycles. The molecule has 4 rings (SSSR count). The molecule has 1 atom stereocenters. The van der Waals surface area contributed by atoms with Crippen molar-refractivity contribution < 1.29 is 4.79 Å². The van der Waals surface area contributed by atoms with Crippen LogP contribution in [0.3, 0.4) is 0 Å². The molecule has 1 unspecified atom stereocenters. The Morgan fingerprint density at radius 3 is 2.75 bits per heavy atom. The Morgan fingerprint density at radius 2 is 2.04 bits per heavy atom. The number of unbranched alkanes of at least 4 members (excludes halogenated alkanes) is 1. The lowest BCUT2D eigenvalue weighted by Crippen LogP contribution is -2.42. The van der Waals surface area contributed by atoms with Crippen molar-refractivity contribution in [3.05, 3.63) is 71.1 Å². The van der Waals surface area contributed by atoms with E-state index < -0.39 is 0 Å². The Labute approximate surface area is 170 Å². The molecule has 3 aromatic rings. The number of carbonyl (C=O) groups excluding carboxylic acids is 1. The third-order valence-corrected chi connectivity index (χ3v) is 5.40. The van der Waals surface area contributed by atoms with E-state index in [1.165, 1.54) is 0 Å². The van der Waals surface area contributed by atoms with Crippen LogP contribution < -0.4 is 0 Å². The highest BCUT2D eigenvalue weighted by Gasteiger charge is 2.32. The molecule has 6 heteroatoms. The van der Waals surface area contributed by atoms with E-state index in [1.807, 2.05) is 58.2 Å². The monoisotopic (exact) mass is 394 g/mol. The number of carbonyl (C=O) groups is 1. The molecule has 3 heterocycles. The Kier molecular flexibility index (Phi) is 5.44. The molecule has 5 nitrogen and oxygen atoms in total. The molecule has 0 saturated carbocycles. The topological polar surface area (TPSA) is 51.0 Å². The normalized spacial score (nSPS) is 16.3. The van der Waals surface area contributed by atoms with E-state index in [0.29, 0.717) is 23.8 Å². The molecule has 0 N–H and O–H groups in total. The maximum atomic E-state index is 13.2. The third kappa shape index (κ3) is 3.80. The van der Waals surface area contributed by atoms with Gasteiger partial charge in [-0.05, 0) is 36.2 Å². The van der Waals surface area contributed by atoms with E-state index in [2.05, 4.69) is 11.9 Å². The first-order valence-electron chi connectivity index (χ1n) is 9.69. The summed E-state index contributed by atoms with van der Waals surface area (Å²) in [6, 6.07) is 13.6. The summed E-state index contributed by atoms with van der Waals surface area (Å²) in [7, 11) is 0. The molecule has 0 radical (unpaired) electrons. The fourth-order valence-electron chi connectivity index (χ4n) is 3.67. The first-order valence-corrected chi connectivity index (χ1v) is 10.1. The average molecular weight is 395 g/mol. The van der Waals surface area contributed by atoms with Gasteiger partial charge in [-0.1, -0.05) is 49.6 Å². The Bertz CT molecular complexity index is 952. The standard InChI is InChI=1S/C22H23ClN4O/c1-2-3-6-19-15-26(14-16-5-4-11-24-13-16)22(28)21-12-20(25-27(19)21)17-7-9-18(23)10-8-17/h4-5,7-13,19H,2-3,6,14-15H2,1H3. The smallest absolute Gasteiger partial charge is 0.272 e. The lowest BCUT2D eigenvalue weighted by atomic mass is 10.1. The van der Waals surface area contributed by atoms with Crippen LogP contribution in [-0.2, 0) is 6.54 Å². The van der Waals surface area contributed by atoms with Crippen LogP contribution >= 0.6 is 11.6 Å². The highest BCUT2D eigenvalue weighted by atomic mass is 35.5. The van der Waals surface area contributed by atoms with Gasteiger partial charge in [-0.25, -0.2) is 0 Å². The van der Waals surface area contributed by atoms with Gasteiger partial charge < -0.3 is 4.90 Å². The number of nitrogens with zero attached hydrogens (tertiary/aromatic N) is 4. The Morgan fingerprint density at radius 1 is 1.21 bits per heavy atom. The van der Waals surface area contributed by atoms with Crippen LogP contribution in [0, 0.1) is 0 Å². The fourth-order valence-corrected chi connectivity index (χ4v) is 3.80. The van der Waals surface area contributed by atoms with Crippen molar-refractivity contribution in [2.75, 3.05) is 6.54 Å². The molecule has 1 aliphatic heterocycles. The van der Waals surface area contributed by atoms with E-state index in [-0.39, 0.29) is 11.9 Å². The van der Waals surface area contributed by atoms with E-state index >= 15 is 0 Å². The van der Waals surface area contributed by atoms with Crippen LogP contribution in [0.15, 0.2) is 54.9 Å². The Balaban J connectivity index is 1.67. The van der Waals surface area contributed by atoms with Gasteiger partial charge in [0.2, 0.25) is 0 Å². The first-order chi connectivity index (χ1) is 13.7. The van der Waals surface area contributed by atoms with Gasteiger partial charge in [0.25, 0.3) is 5.91 Å². The van der Waals surface area contributed by atoms with Gasteiger partial charge in [0.15, 0.2) is 0 Å². The number of aromatic nitrogens is 3. The number of amides is 1. The van der Waals surface area contributed by atoms with Crippen molar-refractivity contribution in [1.29, 1.82) is 0 Å². The summed E-state index contributed by atoms with van der Waals surface area (Å²) in [4.78, 5) is 19.3. The molecule has 144 valence electrons. The largest absolute Gasteiger partial charge is 0.331 e. The van der Waals surface area contributed by atoms with Gasteiger partial charge in [0.05, 0.1) is 11.7 Å². The fraction of sp³-hybridized carbons (Fsp3) is 0.318. The second kappa shape index (κ2) is 8.15.